The molecule has 0 bridgehead atoms. The first kappa shape index (κ1) is 17.3. The van der Waals surface area contributed by atoms with Crippen LogP contribution in [0.4, 0.5) is 8.78 Å². The van der Waals surface area contributed by atoms with E-state index in [9.17, 15) is 13.6 Å². The number of rotatable bonds is 7. The molecule has 0 spiro atoms. The predicted molar refractivity (Wildman–Crippen MR) is 83.8 cm³/mol. The Morgan fingerprint density at radius 3 is 2.48 bits per heavy atom. The number of benzene rings is 1. The molecule has 21 heavy (non-hydrogen) atoms. The molecule has 0 saturated heterocycles. The van der Waals surface area contributed by atoms with Gasteiger partial charge in [-0.15, -0.1) is 0 Å². The number of aryl methyl sites for hydroxylation is 1. The Labute approximate surface area is 127 Å². The van der Waals surface area contributed by atoms with E-state index >= 15 is 0 Å². The van der Waals surface area contributed by atoms with Gasteiger partial charge in [-0.25, -0.2) is 13.2 Å². The summed E-state index contributed by atoms with van der Waals surface area (Å²) in [6.45, 7) is 3.15. The predicted octanol–water partition coefficient (Wildman–Crippen LogP) is 5.01. The second-order valence-electron chi connectivity index (χ2n) is 4.32. The van der Waals surface area contributed by atoms with Crippen molar-refractivity contribution in [2.24, 2.45) is 4.40 Å². The zero-order valence-corrected chi connectivity index (χ0v) is 12.8. The number of allylic oxidation sites excluding steroid dienone is 4. The Balaban J connectivity index is 2.62. The maximum Gasteiger partial charge on any atom is 0.155 e. The van der Waals surface area contributed by atoms with Crippen molar-refractivity contribution in [1.29, 1.82) is 0 Å². The first-order valence-electron chi connectivity index (χ1n) is 6.55. The summed E-state index contributed by atoms with van der Waals surface area (Å²) in [7, 11) is 0. The molecule has 0 radical (unpaired) electrons. The smallest absolute Gasteiger partial charge is 0.155 e. The minimum absolute atomic E-state index is 0.147. The average Bonchev–Trinajstić information content (AvgIpc) is 2.46. The number of hydrogen-bond donors (Lipinski definition) is 0. The molecule has 1 aromatic carbocycles. The molecular formula is C16H17F2NOS. The average molecular weight is 309 g/mol. The molecule has 0 aliphatic rings. The van der Waals surface area contributed by atoms with Gasteiger partial charge in [0.1, 0.15) is 11.7 Å². The van der Waals surface area contributed by atoms with E-state index in [0.29, 0.717) is 0 Å². The third kappa shape index (κ3) is 6.04. The zero-order valence-electron chi connectivity index (χ0n) is 12.0. The van der Waals surface area contributed by atoms with E-state index < -0.39 is 17.2 Å². The van der Waals surface area contributed by atoms with E-state index in [1.54, 1.807) is 0 Å². The highest BCUT2D eigenvalue weighted by atomic mass is 32.2. The number of halogens is 2. The molecule has 0 N–H and O–H groups in total. The second kappa shape index (κ2) is 9.23. The van der Waals surface area contributed by atoms with E-state index in [-0.39, 0.29) is 6.29 Å². The van der Waals surface area contributed by atoms with E-state index in [2.05, 4.69) is 11.3 Å². The lowest BCUT2D eigenvalue weighted by Crippen LogP contribution is -1.88. The minimum atomic E-state index is -0.937. The molecule has 0 heterocycles. The van der Waals surface area contributed by atoms with Crippen molar-refractivity contribution in [3.8, 4) is 0 Å². The third-order valence-electron chi connectivity index (χ3n) is 2.65. The quantitative estimate of drug-likeness (QED) is 0.233. The van der Waals surface area contributed by atoms with Crippen LogP contribution in [-0.2, 0) is 11.2 Å². The van der Waals surface area contributed by atoms with Crippen LogP contribution in [0.25, 0.3) is 0 Å². The van der Waals surface area contributed by atoms with Crippen LogP contribution in [0.5, 0.6) is 0 Å². The highest BCUT2D eigenvalue weighted by Gasteiger charge is 2.06. The fraction of sp³-hybridized carbons (Fsp3) is 0.250. The Morgan fingerprint density at radius 2 is 1.95 bits per heavy atom. The van der Waals surface area contributed by atoms with Crippen LogP contribution >= 0.6 is 11.9 Å². The Kier molecular flexibility index (Phi) is 7.61. The van der Waals surface area contributed by atoms with Crippen molar-refractivity contribution in [3.05, 3.63) is 53.1 Å². The topological polar surface area (TPSA) is 29.4 Å². The molecule has 0 fully saturated rings. The summed E-state index contributed by atoms with van der Waals surface area (Å²) in [5, 5.41) is 0. The van der Waals surface area contributed by atoms with Gasteiger partial charge in [0.15, 0.2) is 6.29 Å². The normalized spacial score (nSPS) is 13.4. The minimum Gasteiger partial charge on any atom is -0.298 e. The Bertz CT molecular complexity index is 558. The lowest BCUT2D eigenvalue weighted by molar-refractivity contribution is -0.104. The van der Waals surface area contributed by atoms with Gasteiger partial charge in [-0.05, 0) is 37.1 Å². The maximum absolute atomic E-state index is 13.4. The molecule has 0 amide bonds. The Morgan fingerprint density at radius 1 is 1.29 bits per heavy atom. The van der Waals surface area contributed by atoms with Crippen LogP contribution in [0.3, 0.4) is 0 Å². The second-order valence-corrected chi connectivity index (χ2v) is 5.18. The number of nitrogens with zero attached hydrogens (tertiary/aromatic N) is 1. The molecule has 0 unspecified atom stereocenters. The molecule has 0 aliphatic heterocycles. The van der Waals surface area contributed by atoms with Crippen molar-refractivity contribution in [3.63, 3.8) is 0 Å². The number of carbonyl (C=O) groups is 1. The van der Waals surface area contributed by atoms with Crippen molar-refractivity contribution in [2.75, 3.05) is 0 Å². The molecule has 2 nitrogen and oxygen atoms in total. The van der Waals surface area contributed by atoms with Crippen LogP contribution in [0.1, 0.15) is 25.8 Å². The van der Waals surface area contributed by atoms with Gasteiger partial charge in [0.05, 0.1) is 5.57 Å². The molecule has 112 valence electrons. The monoisotopic (exact) mass is 309 g/mol. The van der Waals surface area contributed by atoms with Gasteiger partial charge < -0.3 is 0 Å². The largest absolute Gasteiger partial charge is 0.298 e. The van der Waals surface area contributed by atoms with Gasteiger partial charge in [-0.3, -0.25) is 4.79 Å². The molecule has 0 aromatic heterocycles. The van der Waals surface area contributed by atoms with Gasteiger partial charge >= 0.3 is 0 Å². The first-order valence-corrected chi connectivity index (χ1v) is 7.32. The number of hydrogen-bond acceptors (Lipinski definition) is 3. The molecule has 0 atom stereocenters. The van der Waals surface area contributed by atoms with Crippen LogP contribution in [0, 0.1) is 0 Å². The van der Waals surface area contributed by atoms with E-state index in [1.165, 1.54) is 23.7 Å². The van der Waals surface area contributed by atoms with Crippen molar-refractivity contribution in [1.82, 2.24) is 0 Å². The fourth-order valence-electron chi connectivity index (χ4n) is 1.58. The van der Waals surface area contributed by atoms with Gasteiger partial charge in [-0.1, -0.05) is 25.5 Å². The molecule has 5 heteroatoms. The Hall–Kier alpha value is -1.75. The van der Waals surface area contributed by atoms with Gasteiger partial charge in [-0.2, -0.15) is 0 Å². The maximum atomic E-state index is 13.4. The summed E-state index contributed by atoms with van der Waals surface area (Å²) in [6, 6.07) is 7.93. The van der Waals surface area contributed by atoms with Crippen molar-refractivity contribution in [2.45, 2.75) is 31.6 Å². The fourth-order valence-corrected chi connectivity index (χ4v) is 2.09. The van der Waals surface area contributed by atoms with Crippen LogP contribution in [-0.4, -0.2) is 12.5 Å². The van der Waals surface area contributed by atoms with E-state index in [4.69, 9.17) is 0 Å². The molecule has 1 aromatic rings. The third-order valence-corrected chi connectivity index (χ3v) is 3.36. The summed E-state index contributed by atoms with van der Waals surface area (Å²) in [6.07, 6.45) is 4.44. The number of carbonyl (C=O) groups excluding carboxylic acids is 1. The molecule has 0 aliphatic carbocycles. The summed E-state index contributed by atoms with van der Waals surface area (Å²) in [4.78, 5) is 11.4. The molecule has 1 rings (SSSR count). The van der Waals surface area contributed by atoms with Gasteiger partial charge in [0.2, 0.25) is 0 Å². The summed E-state index contributed by atoms with van der Waals surface area (Å²) in [5.41, 5.74) is 0.673. The molecular weight excluding hydrogens is 292 g/mol. The highest BCUT2D eigenvalue weighted by molar-refractivity contribution is 7.98. The molecule has 0 saturated carbocycles. The highest BCUT2D eigenvalue weighted by Crippen LogP contribution is 2.20. The van der Waals surface area contributed by atoms with Crippen molar-refractivity contribution < 1.29 is 13.6 Å². The van der Waals surface area contributed by atoms with Crippen LogP contribution in [0.15, 0.2) is 56.9 Å². The van der Waals surface area contributed by atoms with Crippen LogP contribution in [0.2, 0.25) is 0 Å². The van der Waals surface area contributed by atoms with E-state index in [1.807, 2.05) is 24.3 Å². The summed E-state index contributed by atoms with van der Waals surface area (Å²) >= 11 is 1.18. The first-order chi connectivity index (χ1) is 10.1. The summed E-state index contributed by atoms with van der Waals surface area (Å²) < 4.78 is 30.2. The summed E-state index contributed by atoms with van der Waals surface area (Å²) in [5.74, 6) is -1.79. The van der Waals surface area contributed by atoms with Gasteiger partial charge in [0.25, 0.3) is 0 Å². The van der Waals surface area contributed by atoms with Crippen LogP contribution < -0.4 is 0 Å². The number of aldehydes is 1. The lowest BCUT2D eigenvalue weighted by atomic mass is 10.1. The van der Waals surface area contributed by atoms with Crippen molar-refractivity contribution >= 4 is 24.4 Å². The van der Waals surface area contributed by atoms with E-state index in [0.717, 1.165) is 30.7 Å². The zero-order chi connectivity index (χ0) is 15.7. The standard InChI is InChI=1S/C16H17F2NOS/c1-3-4-13-5-7-14(8-6-13)21-19-10-9-16(18)15(11-20)12(2)17/h5-11H,3-4H2,1-2H3/b15-12+,16-9+,19-10?. The SMILES string of the molecule is CCCc1ccc(SN=C/C=C(F)\C(C=O)=C(/C)F)cc1. The lowest BCUT2D eigenvalue weighted by Gasteiger charge is -1.99. The van der Waals surface area contributed by atoms with Gasteiger partial charge in [0, 0.05) is 23.1 Å².